The standard InChI is InChI=1S/C16H24F2N2/c1-4-12(19)8-11-9-13(17)15(14(18)10-11)20-7-5-6-16(20,2)3/h9-10,12H,4-8,19H2,1-3H3. The number of nitrogens with two attached hydrogens (primary N) is 1. The molecule has 1 unspecified atom stereocenters. The Morgan fingerprint density at radius 2 is 1.90 bits per heavy atom. The van der Waals surface area contributed by atoms with E-state index in [1.54, 1.807) is 0 Å². The van der Waals surface area contributed by atoms with E-state index in [1.165, 1.54) is 12.1 Å². The molecule has 0 aromatic heterocycles. The van der Waals surface area contributed by atoms with Crippen LogP contribution in [-0.4, -0.2) is 18.1 Å². The van der Waals surface area contributed by atoms with Crippen molar-refractivity contribution in [2.45, 2.75) is 58.0 Å². The predicted molar refractivity (Wildman–Crippen MR) is 79.0 cm³/mol. The average molecular weight is 282 g/mol. The molecule has 1 aromatic rings. The lowest BCUT2D eigenvalue weighted by molar-refractivity contribution is 0.490. The van der Waals surface area contributed by atoms with Crippen molar-refractivity contribution in [1.29, 1.82) is 0 Å². The Kier molecular flexibility index (Phi) is 4.33. The van der Waals surface area contributed by atoms with Crippen LogP contribution >= 0.6 is 0 Å². The van der Waals surface area contributed by atoms with E-state index in [4.69, 9.17) is 5.73 Å². The molecule has 4 heteroatoms. The zero-order valence-electron chi connectivity index (χ0n) is 12.5. The number of benzene rings is 1. The summed E-state index contributed by atoms with van der Waals surface area (Å²) in [6.45, 7) is 6.73. The Bertz CT molecular complexity index is 462. The molecule has 1 aliphatic heterocycles. The fourth-order valence-electron chi connectivity index (χ4n) is 2.96. The summed E-state index contributed by atoms with van der Waals surface area (Å²) in [5, 5.41) is 0. The second-order valence-electron chi connectivity index (χ2n) is 6.35. The largest absolute Gasteiger partial charge is 0.362 e. The summed E-state index contributed by atoms with van der Waals surface area (Å²) in [6.07, 6.45) is 3.22. The Labute approximate surface area is 120 Å². The molecule has 1 aliphatic rings. The van der Waals surface area contributed by atoms with Crippen LogP contribution in [0.5, 0.6) is 0 Å². The second-order valence-corrected chi connectivity index (χ2v) is 6.35. The molecule has 2 rings (SSSR count). The van der Waals surface area contributed by atoms with Gasteiger partial charge in [0.1, 0.15) is 17.3 Å². The van der Waals surface area contributed by atoms with Crippen molar-refractivity contribution in [2.75, 3.05) is 11.4 Å². The van der Waals surface area contributed by atoms with Crippen LogP contribution in [0.15, 0.2) is 12.1 Å². The summed E-state index contributed by atoms with van der Waals surface area (Å²) < 4.78 is 28.7. The molecule has 0 spiro atoms. The summed E-state index contributed by atoms with van der Waals surface area (Å²) in [6, 6.07) is 2.81. The minimum Gasteiger partial charge on any atom is -0.362 e. The number of anilines is 1. The first-order valence-corrected chi connectivity index (χ1v) is 7.36. The zero-order valence-corrected chi connectivity index (χ0v) is 12.5. The van der Waals surface area contributed by atoms with Crippen LogP contribution in [0.3, 0.4) is 0 Å². The van der Waals surface area contributed by atoms with Gasteiger partial charge >= 0.3 is 0 Å². The van der Waals surface area contributed by atoms with Crippen LogP contribution < -0.4 is 10.6 Å². The number of hydrogen-bond donors (Lipinski definition) is 1. The Morgan fingerprint density at radius 1 is 1.30 bits per heavy atom. The van der Waals surface area contributed by atoms with Crippen LogP contribution in [0.25, 0.3) is 0 Å². The molecule has 1 heterocycles. The van der Waals surface area contributed by atoms with Crippen molar-refractivity contribution < 1.29 is 8.78 Å². The Morgan fingerprint density at radius 3 is 2.35 bits per heavy atom. The van der Waals surface area contributed by atoms with E-state index in [0.29, 0.717) is 18.5 Å². The van der Waals surface area contributed by atoms with Crippen LogP contribution in [-0.2, 0) is 6.42 Å². The summed E-state index contributed by atoms with van der Waals surface area (Å²) >= 11 is 0. The number of rotatable bonds is 4. The number of nitrogens with zero attached hydrogens (tertiary/aromatic N) is 1. The Hall–Kier alpha value is -1.16. The molecule has 2 nitrogen and oxygen atoms in total. The monoisotopic (exact) mass is 282 g/mol. The summed E-state index contributed by atoms with van der Waals surface area (Å²) in [4.78, 5) is 1.85. The van der Waals surface area contributed by atoms with E-state index < -0.39 is 11.6 Å². The quantitative estimate of drug-likeness (QED) is 0.914. The number of halogens is 2. The Balaban J connectivity index is 2.32. The van der Waals surface area contributed by atoms with Gasteiger partial charge in [-0.1, -0.05) is 6.92 Å². The van der Waals surface area contributed by atoms with Crippen LogP contribution in [0.2, 0.25) is 0 Å². The molecule has 20 heavy (non-hydrogen) atoms. The van der Waals surface area contributed by atoms with Crippen molar-refractivity contribution in [3.63, 3.8) is 0 Å². The summed E-state index contributed by atoms with van der Waals surface area (Å²) in [5.74, 6) is -0.948. The van der Waals surface area contributed by atoms with Gasteiger partial charge in [-0.2, -0.15) is 0 Å². The normalized spacial score (nSPS) is 19.4. The number of hydrogen-bond acceptors (Lipinski definition) is 2. The molecular weight excluding hydrogens is 258 g/mol. The van der Waals surface area contributed by atoms with E-state index in [-0.39, 0.29) is 17.3 Å². The highest BCUT2D eigenvalue weighted by Gasteiger charge is 2.35. The van der Waals surface area contributed by atoms with Gasteiger partial charge in [0.2, 0.25) is 0 Å². The van der Waals surface area contributed by atoms with Gasteiger partial charge in [-0.15, -0.1) is 0 Å². The topological polar surface area (TPSA) is 29.3 Å². The van der Waals surface area contributed by atoms with Gasteiger partial charge in [0.15, 0.2) is 0 Å². The average Bonchev–Trinajstić information content (AvgIpc) is 2.68. The predicted octanol–water partition coefficient (Wildman–Crippen LogP) is 3.62. The smallest absolute Gasteiger partial charge is 0.149 e. The van der Waals surface area contributed by atoms with Crippen molar-refractivity contribution >= 4 is 5.69 Å². The third-order valence-electron chi connectivity index (χ3n) is 4.27. The highest BCUT2D eigenvalue weighted by atomic mass is 19.1. The van der Waals surface area contributed by atoms with Crippen LogP contribution in [0.4, 0.5) is 14.5 Å². The van der Waals surface area contributed by atoms with E-state index >= 15 is 0 Å². The molecule has 1 atom stereocenters. The molecule has 2 N–H and O–H groups in total. The van der Waals surface area contributed by atoms with Crippen LogP contribution in [0, 0.1) is 11.6 Å². The zero-order chi connectivity index (χ0) is 14.9. The van der Waals surface area contributed by atoms with E-state index in [2.05, 4.69) is 0 Å². The molecule has 0 bridgehead atoms. The highest BCUT2D eigenvalue weighted by Crippen LogP contribution is 2.37. The van der Waals surface area contributed by atoms with E-state index in [1.807, 2.05) is 25.7 Å². The van der Waals surface area contributed by atoms with Gasteiger partial charge in [0.05, 0.1) is 0 Å². The molecule has 0 radical (unpaired) electrons. The molecule has 0 aliphatic carbocycles. The molecule has 0 amide bonds. The maximum Gasteiger partial charge on any atom is 0.149 e. The first-order chi connectivity index (χ1) is 9.35. The SMILES string of the molecule is CCC(N)Cc1cc(F)c(N2CCCC2(C)C)c(F)c1. The lowest BCUT2D eigenvalue weighted by atomic mass is 10.00. The summed E-state index contributed by atoms with van der Waals surface area (Å²) in [5.41, 5.74) is 6.41. The fourth-order valence-corrected chi connectivity index (χ4v) is 2.96. The molecule has 112 valence electrons. The molecule has 1 aromatic carbocycles. The van der Waals surface area contributed by atoms with Gasteiger partial charge in [-0.25, -0.2) is 8.78 Å². The third-order valence-corrected chi connectivity index (χ3v) is 4.27. The second kappa shape index (κ2) is 5.68. The molecule has 0 saturated carbocycles. The van der Waals surface area contributed by atoms with Gasteiger partial charge < -0.3 is 10.6 Å². The van der Waals surface area contributed by atoms with Crippen molar-refractivity contribution in [3.05, 3.63) is 29.3 Å². The highest BCUT2D eigenvalue weighted by molar-refractivity contribution is 5.53. The van der Waals surface area contributed by atoms with Gasteiger partial charge in [-0.3, -0.25) is 0 Å². The van der Waals surface area contributed by atoms with E-state index in [0.717, 1.165) is 19.3 Å². The minimum absolute atomic E-state index is 0.0529. The van der Waals surface area contributed by atoms with Gasteiger partial charge in [0, 0.05) is 18.1 Å². The minimum atomic E-state index is -0.474. The molecular formula is C16H24F2N2. The first kappa shape index (κ1) is 15.2. The lowest BCUT2D eigenvalue weighted by Gasteiger charge is -2.34. The third kappa shape index (κ3) is 2.95. The van der Waals surface area contributed by atoms with Crippen molar-refractivity contribution in [1.82, 2.24) is 0 Å². The van der Waals surface area contributed by atoms with Crippen molar-refractivity contribution in [2.24, 2.45) is 5.73 Å². The summed E-state index contributed by atoms with van der Waals surface area (Å²) in [7, 11) is 0. The van der Waals surface area contributed by atoms with Crippen molar-refractivity contribution in [3.8, 4) is 0 Å². The maximum absolute atomic E-state index is 14.3. The van der Waals surface area contributed by atoms with Crippen LogP contribution in [0.1, 0.15) is 45.6 Å². The van der Waals surface area contributed by atoms with Gasteiger partial charge in [0.25, 0.3) is 0 Å². The van der Waals surface area contributed by atoms with Gasteiger partial charge in [-0.05, 0) is 57.2 Å². The maximum atomic E-state index is 14.3. The lowest BCUT2D eigenvalue weighted by Crippen LogP contribution is -2.39. The van der Waals surface area contributed by atoms with E-state index in [9.17, 15) is 8.78 Å². The first-order valence-electron chi connectivity index (χ1n) is 7.36. The molecule has 1 saturated heterocycles. The molecule has 1 fully saturated rings. The fraction of sp³-hybridized carbons (Fsp3) is 0.625.